The summed E-state index contributed by atoms with van der Waals surface area (Å²) in [5.74, 6) is -0.802. The van der Waals surface area contributed by atoms with Crippen LogP contribution < -0.4 is 11.1 Å². The van der Waals surface area contributed by atoms with Crippen LogP contribution in [0.3, 0.4) is 0 Å². The number of anilines is 2. The number of rotatable bonds is 4. The molecule has 8 nitrogen and oxygen atoms in total. The summed E-state index contributed by atoms with van der Waals surface area (Å²) in [7, 11) is 0. The molecule has 1 aliphatic rings. The Kier molecular flexibility index (Phi) is 7.35. The molecule has 3 aromatic rings. The zero-order valence-corrected chi connectivity index (χ0v) is 19.5. The molecule has 1 amide bonds. The van der Waals surface area contributed by atoms with Crippen LogP contribution in [0.4, 0.5) is 15.9 Å². The van der Waals surface area contributed by atoms with Crippen molar-refractivity contribution in [2.45, 2.75) is 38.8 Å². The molecule has 0 bridgehead atoms. The summed E-state index contributed by atoms with van der Waals surface area (Å²) in [4.78, 5) is 15.0. The molecule has 2 atom stereocenters. The van der Waals surface area contributed by atoms with Crippen molar-refractivity contribution in [3.05, 3.63) is 76.2 Å². The van der Waals surface area contributed by atoms with E-state index in [1.807, 2.05) is 37.3 Å². The number of aromatic nitrogens is 2. The molecule has 4 N–H and O–H groups in total. The van der Waals surface area contributed by atoms with E-state index >= 15 is 0 Å². The van der Waals surface area contributed by atoms with Crippen LogP contribution >= 0.6 is 11.6 Å². The summed E-state index contributed by atoms with van der Waals surface area (Å²) in [6.45, 7) is 2.41. The van der Waals surface area contributed by atoms with Gasteiger partial charge in [-0.1, -0.05) is 48.9 Å². The molecule has 4 rings (SSSR count). The highest BCUT2D eigenvalue weighted by Gasteiger charge is 2.27. The van der Waals surface area contributed by atoms with Gasteiger partial charge in [0.15, 0.2) is 0 Å². The molecule has 34 heavy (non-hydrogen) atoms. The van der Waals surface area contributed by atoms with Crippen LogP contribution in [0.25, 0.3) is 0 Å². The van der Waals surface area contributed by atoms with Gasteiger partial charge in [0.2, 0.25) is 6.41 Å². The lowest BCUT2D eigenvalue weighted by Crippen LogP contribution is -2.35. The van der Waals surface area contributed by atoms with Crippen molar-refractivity contribution in [3.8, 4) is 0 Å². The maximum Gasteiger partial charge on any atom is 0.259 e. The zero-order chi connectivity index (χ0) is 24.2. The first-order valence-corrected chi connectivity index (χ1v) is 11.5. The van der Waals surface area contributed by atoms with Crippen molar-refractivity contribution in [1.29, 1.82) is 0 Å². The van der Waals surface area contributed by atoms with Gasteiger partial charge in [-0.2, -0.15) is 5.10 Å². The highest BCUT2D eigenvalue weighted by molar-refractivity contribution is 6.30. The van der Waals surface area contributed by atoms with Crippen LogP contribution in [0.5, 0.6) is 0 Å². The molecule has 0 aliphatic carbocycles. The van der Waals surface area contributed by atoms with E-state index in [2.05, 4.69) is 10.4 Å². The Morgan fingerprint density at radius 3 is 2.85 bits per heavy atom. The lowest BCUT2D eigenvalue weighted by molar-refractivity contribution is -0.0802. The number of aliphatic hydroxyl groups is 1. The van der Waals surface area contributed by atoms with Crippen LogP contribution in [-0.4, -0.2) is 45.3 Å². The predicted octanol–water partition coefficient (Wildman–Crippen LogP) is 4.01. The number of carbonyl (C=O) groups is 1. The third-order valence-corrected chi connectivity index (χ3v) is 6.18. The summed E-state index contributed by atoms with van der Waals surface area (Å²) in [6.07, 6.45) is 1.31. The van der Waals surface area contributed by atoms with Crippen molar-refractivity contribution in [2.24, 2.45) is 0 Å². The number of amides is 1. The van der Waals surface area contributed by atoms with Crippen LogP contribution in [0.15, 0.2) is 48.7 Å². The number of nitrogens with one attached hydrogen (secondary N) is 1. The Balaban J connectivity index is 1.67. The zero-order valence-electron chi connectivity index (χ0n) is 18.7. The largest absolute Gasteiger partial charge is 0.383 e. The average Bonchev–Trinajstić information content (AvgIpc) is 3.22. The van der Waals surface area contributed by atoms with Gasteiger partial charge in [0, 0.05) is 17.8 Å². The highest BCUT2D eigenvalue weighted by Crippen LogP contribution is 2.30. The first-order valence-electron chi connectivity index (χ1n) is 11.1. The van der Waals surface area contributed by atoms with Gasteiger partial charge in [0.25, 0.3) is 5.91 Å². The molecule has 0 fully saturated rings. The molecule has 2 unspecified atom stereocenters. The summed E-state index contributed by atoms with van der Waals surface area (Å²) in [5, 5.41) is 17.0. The number of fused-ring (bicyclic) bond motifs is 1. The Morgan fingerprint density at radius 2 is 2.12 bits per heavy atom. The van der Waals surface area contributed by atoms with Gasteiger partial charge in [-0.15, -0.1) is 0 Å². The lowest BCUT2D eigenvalue weighted by atomic mass is 10.0. The number of nitrogen functional groups attached to an aromatic ring is 1. The fourth-order valence-electron chi connectivity index (χ4n) is 4.13. The SMILES string of the molecule is CCC(c1ccccc1)n1ncc(C(=O)N2CCCOC(O)Nc3ccc(Cl)c(F)c3C2)c1N. The number of nitrogens with two attached hydrogens (primary N) is 1. The lowest BCUT2D eigenvalue weighted by Gasteiger charge is -2.27. The molecule has 0 spiro atoms. The van der Waals surface area contributed by atoms with Crippen molar-refractivity contribution in [2.75, 3.05) is 24.2 Å². The van der Waals surface area contributed by atoms with E-state index in [0.717, 1.165) is 12.0 Å². The molecule has 0 radical (unpaired) electrons. The number of benzene rings is 2. The van der Waals surface area contributed by atoms with E-state index in [-0.39, 0.29) is 59.3 Å². The number of aliphatic hydroxyl groups excluding tert-OH is 1. The number of ether oxygens (including phenoxy) is 1. The first kappa shape index (κ1) is 24.0. The summed E-state index contributed by atoms with van der Waals surface area (Å²) < 4.78 is 21.9. The number of halogens is 2. The number of carbonyl (C=O) groups excluding carboxylic acids is 1. The second-order valence-corrected chi connectivity index (χ2v) is 8.47. The van der Waals surface area contributed by atoms with Crippen LogP contribution in [0.2, 0.25) is 5.02 Å². The van der Waals surface area contributed by atoms with Gasteiger partial charge in [0.05, 0.1) is 30.4 Å². The quantitative estimate of drug-likeness (QED) is 0.513. The monoisotopic (exact) mass is 487 g/mol. The molecule has 2 aromatic carbocycles. The highest BCUT2D eigenvalue weighted by atomic mass is 35.5. The van der Waals surface area contributed by atoms with Crippen LogP contribution in [-0.2, 0) is 11.3 Å². The minimum absolute atomic E-state index is 0.0687. The topological polar surface area (TPSA) is 106 Å². The molecule has 1 aromatic heterocycles. The van der Waals surface area contributed by atoms with Crippen molar-refractivity contribution >= 4 is 29.0 Å². The van der Waals surface area contributed by atoms with E-state index in [1.54, 1.807) is 4.68 Å². The molecular formula is C24H27ClFN5O3. The molecule has 10 heteroatoms. The molecule has 2 heterocycles. The summed E-state index contributed by atoms with van der Waals surface area (Å²) >= 11 is 6.00. The average molecular weight is 488 g/mol. The second-order valence-electron chi connectivity index (χ2n) is 8.06. The van der Waals surface area contributed by atoms with E-state index in [1.165, 1.54) is 23.2 Å². The minimum atomic E-state index is -1.31. The van der Waals surface area contributed by atoms with E-state index in [4.69, 9.17) is 22.1 Å². The fraction of sp³-hybridized carbons (Fsp3) is 0.333. The van der Waals surface area contributed by atoms with E-state index < -0.39 is 12.2 Å². The van der Waals surface area contributed by atoms with Gasteiger partial charge < -0.3 is 25.8 Å². The van der Waals surface area contributed by atoms with Crippen molar-refractivity contribution in [3.63, 3.8) is 0 Å². The Labute approximate surface area is 202 Å². The van der Waals surface area contributed by atoms with Crippen LogP contribution in [0.1, 0.15) is 47.3 Å². The van der Waals surface area contributed by atoms with Gasteiger partial charge in [0.1, 0.15) is 17.2 Å². The van der Waals surface area contributed by atoms with Gasteiger partial charge in [-0.25, -0.2) is 9.07 Å². The van der Waals surface area contributed by atoms with Crippen molar-refractivity contribution in [1.82, 2.24) is 14.7 Å². The smallest absolute Gasteiger partial charge is 0.259 e. The van der Waals surface area contributed by atoms with Gasteiger partial charge >= 0.3 is 0 Å². The maximum atomic E-state index is 14.9. The summed E-state index contributed by atoms with van der Waals surface area (Å²) in [5.41, 5.74) is 8.11. The van der Waals surface area contributed by atoms with Crippen LogP contribution in [0, 0.1) is 5.82 Å². The van der Waals surface area contributed by atoms with Crippen molar-refractivity contribution < 1.29 is 19.0 Å². The first-order chi connectivity index (χ1) is 16.4. The number of nitrogens with zero attached hydrogens (tertiary/aromatic N) is 3. The van der Waals surface area contributed by atoms with E-state index in [9.17, 15) is 14.3 Å². The number of hydrogen-bond donors (Lipinski definition) is 3. The Hall–Kier alpha value is -3.14. The maximum absolute atomic E-state index is 14.9. The molecular weight excluding hydrogens is 461 g/mol. The van der Waals surface area contributed by atoms with Gasteiger partial charge in [-0.3, -0.25) is 4.79 Å². The summed E-state index contributed by atoms with van der Waals surface area (Å²) in [6, 6.07) is 12.6. The number of hydrogen-bond acceptors (Lipinski definition) is 6. The second kappa shape index (κ2) is 10.4. The minimum Gasteiger partial charge on any atom is -0.383 e. The molecule has 1 aliphatic heterocycles. The standard InChI is InChI=1S/C24H27ClFN5O3/c1-2-20(15-7-4-3-5-8-15)31-22(27)16(13-28-31)23(32)30-11-6-12-34-24(33)29-19-10-9-18(25)21(26)17(19)14-30/h3-5,7-10,13,20,24,29,33H,2,6,11-12,14,27H2,1H3. The molecule has 0 saturated carbocycles. The fourth-order valence-corrected chi connectivity index (χ4v) is 4.31. The normalized spacial score (nSPS) is 17.5. The van der Waals surface area contributed by atoms with E-state index in [0.29, 0.717) is 6.42 Å². The Bertz CT molecular complexity index is 1160. The Morgan fingerprint density at radius 1 is 1.35 bits per heavy atom. The molecule has 180 valence electrons. The van der Waals surface area contributed by atoms with Gasteiger partial charge in [-0.05, 0) is 30.5 Å². The molecule has 0 saturated heterocycles. The third kappa shape index (κ3) is 4.86. The predicted molar refractivity (Wildman–Crippen MR) is 128 cm³/mol. The third-order valence-electron chi connectivity index (χ3n) is 5.89.